The predicted octanol–water partition coefficient (Wildman–Crippen LogP) is 0.660. The zero-order valence-corrected chi connectivity index (χ0v) is 6.51. The number of ether oxygens (including phenoxy) is 2. The van der Waals surface area contributed by atoms with Crippen molar-refractivity contribution in [2.75, 3.05) is 33.2 Å². The standard InChI is InChI=1S/C7H15NO2/c1-2-4-9-6-8-3-5-10-7-8/h2-7H2,1H3. The highest BCUT2D eigenvalue weighted by Gasteiger charge is 2.10. The summed E-state index contributed by atoms with van der Waals surface area (Å²) in [7, 11) is 0. The van der Waals surface area contributed by atoms with Crippen molar-refractivity contribution in [2.24, 2.45) is 0 Å². The summed E-state index contributed by atoms with van der Waals surface area (Å²) in [6.45, 7) is 6.31. The molecule has 0 aliphatic carbocycles. The highest BCUT2D eigenvalue weighted by molar-refractivity contribution is 4.52. The van der Waals surface area contributed by atoms with Crippen LogP contribution in [0.25, 0.3) is 0 Å². The van der Waals surface area contributed by atoms with E-state index in [2.05, 4.69) is 11.8 Å². The Labute approximate surface area is 61.9 Å². The van der Waals surface area contributed by atoms with E-state index in [1.165, 1.54) is 0 Å². The number of hydrogen-bond donors (Lipinski definition) is 0. The van der Waals surface area contributed by atoms with Crippen LogP contribution in [0.4, 0.5) is 0 Å². The van der Waals surface area contributed by atoms with Crippen LogP contribution in [-0.4, -0.2) is 38.1 Å². The van der Waals surface area contributed by atoms with Gasteiger partial charge in [0, 0.05) is 13.2 Å². The first-order valence-corrected chi connectivity index (χ1v) is 3.81. The van der Waals surface area contributed by atoms with Crippen molar-refractivity contribution in [3.63, 3.8) is 0 Å². The molecule has 1 aliphatic rings. The Morgan fingerprint density at radius 2 is 2.50 bits per heavy atom. The normalized spacial score (nSPS) is 20.1. The average molecular weight is 145 g/mol. The average Bonchev–Trinajstić information content (AvgIpc) is 2.41. The van der Waals surface area contributed by atoms with Gasteiger partial charge in [-0.2, -0.15) is 0 Å². The molecule has 0 saturated carbocycles. The highest BCUT2D eigenvalue weighted by Crippen LogP contribution is 1.97. The molecule has 1 heterocycles. The Morgan fingerprint density at radius 3 is 3.10 bits per heavy atom. The SMILES string of the molecule is CCCOCN1CCOC1. The second-order valence-corrected chi connectivity index (χ2v) is 2.47. The predicted molar refractivity (Wildman–Crippen MR) is 38.6 cm³/mol. The van der Waals surface area contributed by atoms with Gasteiger partial charge in [-0.1, -0.05) is 6.92 Å². The third-order valence-electron chi connectivity index (χ3n) is 1.45. The van der Waals surface area contributed by atoms with E-state index in [1.54, 1.807) is 0 Å². The molecule has 0 unspecified atom stereocenters. The van der Waals surface area contributed by atoms with E-state index in [4.69, 9.17) is 9.47 Å². The largest absolute Gasteiger partial charge is 0.366 e. The maximum Gasteiger partial charge on any atom is 0.101 e. The van der Waals surface area contributed by atoms with Gasteiger partial charge in [0.05, 0.1) is 6.61 Å². The van der Waals surface area contributed by atoms with Crippen LogP contribution in [0.5, 0.6) is 0 Å². The van der Waals surface area contributed by atoms with Crippen molar-refractivity contribution in [3.8, 4) is 0 Å². The fraction of sp³-hybridized carbons (Fsp3) is 1.00. The van der Waals surface area contributed by atoms with Gasteiger partial charge in [-0.05, 0) is 6.42 Å². The molecule has 3 heteroatoms. The van der Waals surface area contributed by atoms with Crippen LogP contribution in [0.15, 0.2) is 0 Å². The summed E-state index contributed by atoms with van der Waals surface area (Å²) in [5.74, 6) is 0. The van der Waals surface area contributed by atoms with Crippen LogP contribution in [0, 0.1) is 0 Å². The number of rotatable bonds is 4. The van der Waals surface area contributed by atoms with Gasteiger partial charge in [-0.3, -0.25) is 4.90 Å². The van der Waals surface area contributed by atoms with Crippen molar-refractivity contribution in [1.29, 1.82) is 0 Å². The van der Waals surface area contributed by atoms with E-state index in [-0.39, 0.29) is 0 Å². The van der Waals surface area contributed by atoms with Crippen LogP contribution >= 0.6 is 0 Å². The molecule has 0 spiro atoms. The lowest BCUT2D eigenvalue weighted by Gasteiger charge is -2.11. The van der Waals surface area contributed by atoms with Gasteiger partial charge >= 0.3 is 0 Å². The van der Waals surface area contributed by atoms with Gasteiger partial charge in [0.1, 0.15) is 13.5 Å². The zero-order chi connectivity index (χ0) is 7.23. The molecule has 1 fully saturated rings. The van der Waals surface area contributed by atoms with Gasteiger partial charge in [0.2, 0.25) is 0 Å². The first-order chi connectivity index (χ1) is 4.93. The molecular weight excluding hydrogens is 130 g/mol. The summed E-state index contributed by atoms with van der Waals surface area (Å²) in [5.41, 5.74) is 0. The van der Waals surface area contributed by atoms with Crippen molar-refractivity contribution < 1.29 is 9.47 Å². The van der Waals surface area contributed by atoms with Crippen molar-refractivity contribution in [1.82, 2.24) is 4.90 Å². The first kappa shape index (κ1) is 7.98. The summed E-state index contributed by atoms with van der Waals surface area (Å²) in [6.07, 6.45) is 1.09. The Balaban J connectivity index is 1.91. The first-order valence-electron chi connectivity index (χ1n) is 3.81. The van der Waals surface area contributed by atoms with E-state index in [0.29, 0.717) is 0 Å². The highest BCUT2D eigenvalue weighted by atomic mass is 16.5. The minimum atomic E-state index is 0.730. The van der Waals surface area contributed by atoms with Crippen LogP contribution in [0.2, 0.25) is 0 Å². The lowest BCUT2D eigenvalue weighted by Crippen LogP contribution is -2.23. The minimum Gasteiger partial charge on any atom is -0.366 e. The van der Waals surface area contributed by atoms with Gasteiger partial charge in [0.25, 0.3) is 0 Å². The molecular formula is C7H15NO2. The molecule has 3 nitrogen and oxygen atoms in total. The molecule has 0 bridgehead atoms. The summed E-state index contributed by atoms with van der Waals surface area (Å²) in [5, 5.41) is 0. The maximum absolute atomic E-state index is 5.31. The molecule has 0 atom stereocenters. The van der Waals surface area contributed by atoms with Crippen molar-refractivity contribution >= 4 is 0 Å². The van der Waals surface area contributed by atoms with Crippen LogP contribution in [0.1, 0.15) is 13.3 Å². The van der Waals surface area contributed by atoms with E-state index < -0.39 is 0 Å². The number of nitrogens with zero attached hydrogens (tertiary/aromatic N) is 1. The van der Waals surface area contributed by atoms with Crippen LogP contribution in [0.3, 0.4) is 0 Å². The quantitative estimate of drug-likeness (QED) is 0.542. The molecule has 0 radical (unpaired) electrons. The molecule has 0 aromatic carbocycles. The molecule has 0 N–H and O–H groups in total. The lowest BCUT2D eigenvalue weighted by molar-refractivity contribution is 0.0169. The van der Waals surface area contributed by atoms with Crippen LogP contribution in [-0.2, 0) is 9.47 Å². The van der Waals surface area contributed by atoms with E-state index in [9.17, 15) is 0 Å². The monoisotopic (exact) mass is 145 g/mol. The van der Waals surface area contributed by atoms with Gasteiger partial charge in [-0.15, -0.1) is 0 Å². The smallest absolute Gasteiger partial charge is 0.101 e. The Morgan fingerprint density at radius 1 is 1.60 bits per heavy atom. The maximum atomic E-state index is 5.31. The molecule has 0 amide bonds. The second kappa shape index (κ2) is 4.66. The van der Waals surface area contributed by atoms with Gasteiger partial charge in [-0.25, -0.2) is 0 Å². The van der Waals surface area contributed by atoms with E-state index in [0.717, 1.165) is 39.6 Å². The molecule has 1 aliphatic heterocycles. The third kappa shape index (κ3) is 2.64. The van der Waals surface area contributed by atoms with Gasteiger partial charge < -0.3 is 9.47 Å². The molecule has 10 heavy (non-hydrogen) atoms. The summed E-state index contributed by atoms with van der Waals surface area (Å²) < 4.78 is 10.4. The Hall–Kier alpha value is -0.120. The molecule has 0 aromatic rings. The summed E-state index contributed by atoms with van der Waals surface area (Å²) in [6, 6.07) is 0. The van der Waals surface area contributed by atoms with E-state index >= 15 is 0 Å². The Bertz CT molecular complexity index is 81.7. The van der Waals surface area contributed by atoms with Crippen LogP contribution < -0.4 is 0 Å². The fourth-order valence-electron chi connectivity index (χ4n) is 0.892. The molecule has 0 aromatic heterocycles. The second-order valence-electron chi connectivity index (χ2n) is 2.47. The zero-order valence-electron chi connectivity index (χ0n) is 6.51. The molecule has 1 rings (SSSR count). The minimum absolute atomic E-state index is 0.730. The Kier molecular flexibility index (Phi) is 3.72. The van der Waals surface area contributed by atoms with E-state index in [1.807, 2.05) is 0 Å². The third-order valence-corrected chi connectivity index (χ3v) is 1.45. The lowest BCUT2D eigenvalue weighted by atomic mass is 10.5. The summed E-state index contributed by atoms with van der Waals surface area (Å²) in [4.78, 5) is 2.15. The molecule has 60 valence electrons. The summed E-state index contributed by atoms with van der Waals surface area (Å²) >= 11 is 0. The molecule has 1 saturated heterocycles. The fourth-order valence-corrected chi connectivity index (χ4v) is 0.892. The van der Waals surface area contributed by atoms with Crippen molar-refractivity contribution in [2.45, 2.75) is 13.3 Å². The van der Waals surface area contributed by atoms with Crippen molar-refractivity contribution in [3.05, 3.63) is 0 Å². The van der Waals surface area contributed by atoms with Gasteiger partial charge in [0.15, 0.2) is 0 Å². The topological polar surface area (TPSA) is 21.7 Å². The number of hydrogen-bond acceptors (Lipinski definition) is 3.